The Morgan fingerprint density at radius 2 is 2.25 bits per heavy atom. The van der Waals surface area contributed by atoms with E-state index in [1.54, 1.807) is 0 Å². The molecule has 2 rings (SSSR count). The Labute approximate surface area is 105 Å². The molecule has 3 heteroatoms. The molecular formula is C13H16BrNO. The summed E-state index contributed by atoms with van der Waals surface area (Å²) in [6.07, 6.45) is 1.25. The summed E-state index contributed by atoms with van der Waals surface area (Å²) in [4.78, 5) is 11.9. The van der Waals surface area contributed by atoms with Gasteiger partial charge in [0.05, 0.1) is 0 Å². The molecule has 1 aliphatic carbocycles. The van der Waals surface area contributed by atoms with E-state index in [1.807, 2.05) is 25.1 Å². The van der Waals surface area contributed by atoms with E-state index in [9.17, 15) is 4.79 Å². The molecule has 1 aromatic carbocycles. The molecule has 0 bridgehead atoms. The highest BCUT2D eigenvalue weighted by molar-refractivity contribution is 9.10. The number of hydrogen-bond donors (Lipinski definition) is 1. The van der Waals surface area contributed by atoms with Crippen LogP contribution in [0.5, 0.6) is 0 Å². The van der Waals surface area contributed by atoms with Gasteiger partial charge in [0, 0.05) is 16.6 Å². The third kappa shape index (κ3) is 2.64. The molecule has 1 amide bonds. The first-order valence-corrected chi connectivity index (χ1v) is 6.41. The molecule has 0 aromatic heterocycles. The summed E-state index contributed by atoms with van der Waals surface area (Å²) in [5.41, 5.74) is 1.78. The highest BCUT2D eigenvalue weighted by Crippen LogP contribution is 2.36. The minimum absolute atomic E-state index is 0.0397. The molecule has 2 unspecified atom stereocenters. The minimum atomic E-state index is 0.0397. The predicted molar refractivity (Wildman–Crippen MR) is 68.5 cm³/mol. The normalized spacial score (nSPS) is 22.9. The van der Waals surface area contributed by atoms with Crippen molar-refractivity contribution in [3.05, 3.63) is 33.8 Å². The number of carbonyl (C=O) groups is 1. The number of carbonyl (C=O) groups excluding carboxylic acids is 1. The number of aryl methyl sites for hydroxylation is 1. The maximum atomic E-state index is 11.9. The van der Waals surface area contributed by atoms with Crippen molar-refractivity contribution in [2.45, 2.75) is 20.3 Å². The lowest BCUT2D eigenvalue weighted by Gasteiger charge is -2.07. The Balaban J connectivity index is 1.99. The van der Waals surface area contributed by atoms with E-state index in [-0.39, 0.29) is 5.91 Å². The lowest BCUT2D eigenvalue weighted by molar-refractivity contribution is 0.0950. The van der Waals surface area contributed by atoms with Crippen LogP contribution in [0.25, 0.3) is 0 Å². The lowest BCUT2D eigenvalue weighted by Crippen LogP contribution is -2.26. The molecule has 16 heavy (non-hydrogen) atoms. The smallest absolute Gasteiger partial charge is 0.251 e. The van der Waals surface area contributed by atoms with Gasteiger partial charge in [-0.3, -0.25) is 4.79 Å². The van der Waals surface area contributed by atoms with Gasteiger partial charge in [0.1, 0.15) is 0 Å². The van der Waals surface area contributed by atoms with Crippen molar-refractivity contribution in [2.75, 3.05) is 6.54 Å². The lowest BCUT2D eigenvalue weighted by atomic mass is 10.1. The average Bonchev–Trinajstić information content (AvgIpc) is 2.95. The first-order valence-electron chi connectivity index (χ1n) is 5.62. The summed E-state index contributed by atoms with van der Waals surface area (Å²) in [5.74, 6) is 1.51. The summed E-state index contributed by atoms with van der Waals surface area (Å²) >= 11 is 3.39. The second-order valence-electron chi connectivity index (χ2n) is 4.64. The van der Waals surface area contributed by atoms with Crippen molar-refractivity contribution >= 4 is 21.8 Å². The maximum absolute atomic E-state index is 11.9. The SMILES string of the molecule is Cc1ccc(Br)cc1C(=O)NCC1CC1C. The van der Waals surface area contributed by atoms with Crippen molar-refractivity contribution in [1.29, 1.82) is 0 Å². The molecular weight excluding hydrogens is 266 g/mol. The molecule has 1 N–H and O–H groups in total. The number of amides is 1. The zero-order valence-corrected chi connectivity index (χ0v) is 11.2. The van der Waals surface area contributed by atoms with E-state index in [2.05, 4.69) is 28.2 Å². The van der Waals surface area contributed by atoms with Crippen LogP contribution in [0, 0.1) is 18.8 Å². The van der Waals surface area contributed by atoms with Crippen LogP contribution in [0.3, 0.4) is 0 Å². The Hall–Kier alpha value is -0.830. The van der Waals surface area contributed by atoms with Gasteiger partial charge in [-0.15, -0.1) is 0 Å². The van der Waals surface area contributed by atoms with E-state index >= 15 is 0 Å². The average molecular weight is 282 g/mol. The molecule has 0 aliphatic heterocycles. The van der Waals surface area contributed by atoms with Crippen LogP contribution in [-0.2, 0) is 0 Å². The standard InChI is InChI=1S/C13H16BrNO/c1-8-3-4-11(14)6-12(8)13(16)15-7-10-5-9(10)2/h3-4,6,9-10H,5,7H2,1-2H3,(H,15,16). The second kappa shape index (κ2) is 4.58. The van der Waals surface area contributed by atoms with Crippen LogP contribution in [0.15, 0.2) is 22.7 Å². The van der Waals surface area contributed by atoms with E-state index in [1.165, 1.54) is 6.42 Å². The third-order valence-corrected chi connectivity index (χ3v) is 3.74. The van der Waals surface area contributed by atoms with E-state index < -0.39 is 0 Å². The highest BCUT2D eigenvalue weighted by atomic mass is 79.9. The third-order valence-electron chi connectivity index (χ3n) is 3.25. The highest BCUT2D eigenvalue weighted by Gasteiger charge is 2.32. The van der Waals surface area contributed by atoms with Crippen LogP contribution in [-0.4, -0.2) is 12.5 Å². The molecule has 0 spiro atoms. The minimum Gasteiger partial charge on any atom is -0.352 e. The molecule has 1 aromatic rings. The van der Waals surface area contributed by atoms with Crippen molar-refractivity contribution in [2.24, 2.45) is 11.8 Å². The summed E-state index contributed by atoms with van der Waals surface area (Å²) in [5, 5.41) is 3.00. The molecule has 0 heterocycles. The molecule has 0 saturated heterocycles. The van der Waals surface area contributed by atoms with Gasteiger partial charge in [-0.25, -0.2) is 0 Å². The van der Waals surface area contributed by atoms with Gasteiger partial charge in [-0.05, 0) is 42.9 Å². The summed E-state index contributed by atoms with van der Waals surface area (Å²) < 4.78 is 0.947. The summed E-state index contributed by atoms with van der Waals surface area (Å²) in [6, 6.07) is 5.79. The number of nitrogens with one attached hydrogen (secondary N) is 1. The van der Waals surface area contributed by atoms with Crippen LogP contribution in [0.1, 0.15) is 29.3 Å². The molecule has 1 saturated carbocycles. The van der Waals surface area contributed by atoms with Crippen LogP contribution in [0.2, 0.25) is 0 Å². The van der Waals surface area contributed by atoms with E-state index in [0.717, 1.165) is 28.1 Å². The van der Waals surface area contributed by atoms with Gasteiger partial charge in [0.15, 0.2) is 0 Å². The molecule has 0 radical (unpaired) electrons. The Morgan fingerprint density at radius 3 is 2.88 bits per heavy atom. The monoisotopic (exact) mass is 281 g/mol. The fourth-order valence-electron chi connectivity index (χ4n) is 1.84. The number of benzene rings is 1. The quantitative estimate of drug-likeness (QED) is 0.906. The van der Waals surface area contributed by atoms with Crippen molar-refractivity contribution in [3.63, 3.8) is 0 Å². The molecule has 86 valence electrons. The Morgan fingerprint density at radius 1 is 1.56 bits per heavy atom. The van der Waals surface area contributed by atoms with Crippen molar-refractivity contribution in [3.8, 4) is 0 Å². The Kier molecular flexibility index (Phi) is 3.33. The number of hydrogen-bond acceptors (Lipinski definition) is 1. The van der Waals surface area contributed by atoms with Crippen LogP contribution < -0.4 is 5.32 Å². The molecule has 2 atom stereocenters. The van der Waals surface area contributed by atoms with Gasteiger partial charge < -0.3 is 5.32 Å². The fourth-order valence-corrected chi connectivity index (χ4v) is 2.20. The van der Waals surface area contributed by atoms with Gasteiger partial charge in [0.25, 0.3) is 5.91 Å². The number of halogens is 1. The maximum Gasteiger partial charge on any atom is 0.251 e. The fraction of sp³-hybridized carbons (Fsp3) is 0.462. The largest absolute Gasteiger partial charge is 0.352 e. The van der Waals surface area contributed by atoms with Gasteiger partial charge in [0.2, 0.25) is 0 Å². The summed E-state index contributed by atoms with van der Waals surface area (Å²) in [7, 11) is 0. The van der Waals surface area contributed by atoms with Crippen LogP contribution >= 0.6 is 15.9 Å². The predicted octanol–water partition coefficient (Wildman–Crippen LogP) is 3.14. The van der Waals surface area contributed by atoms with Crippen molar-refractivity contribution < 1.29 is 4.79 Å². The van der Waals surface area contributed by atoms with Crippen molar-refractivity contribution in [1.82, 2.24) is 5.32 Å². The molecule has 1 fully saturated rings. The van der Waals surface area contributed by atoms with Gasteiger partial charge >= 0.3 is 0 Å². The zero-order valence-electron chi connectivity index (χ0n) is 9.59. The van der Waals surface area contributed by atoms with Gasteiger partial charge in [-0.1, -0.05) is 28.9 Å². The van der Waals surface area contributed by atoms with E-state index in [4.69, 9.17) is 0 Å². The summed E-state index contributed by atoms with van der Waals surface area (Å²) in [6.45, 7) is 4.99. The first kappa shape index (κ1) is 11.6. The van der Waals surface area contributed by atoms with E-state index in [0.29, 0.717) is 5.92 Å². The first-order chi connectivity index (χ1) is 7.58. The zero-order chi connectivity index (χ0) is 11.7. The molecule has 1 aliphatic rings. The number of rotatable bonds is 3. The Bertz CT molecular complexity index is 416. The second-order valence-corrected chi connectivity index (χ2v) is 5.56. The molecule has 2 nitrogen and oxygen atoms in total. The topological polar surface area (TPSA) is 29.1 Å². The van der Waals surface area contributed by atoms with Crippen LogP contribution in [0.4, 0.5) is 0 Å². The van der Waals surface area contributed by atoms with Gasteiger partial charge in [-0.2, -0.15) is 0 Å².